The molecule has 0 aliphatic heterocycles. The van der Waals surface area contributed by atoms with E-state index < -0.39 is 0 Å². The topological polar surface area (TPSA) is 38.9 Å². The molecule has 0 bridgehead atoms. The smallest absolute Gasteiger partial charge is 0.123 e. The first-order valence-corrected chi connectivity index (χ1v) is 7.47. The monoisotopic (exact) mass is 290 g/mol. The second-order valence-electron chi connectivity index (χ2n) is 3.97. The van der Waals surface area contributed by atoms with Crippen LogP contribution in [0.4, 0.5) is 4.39 Å². The van der Waals surface area contributed by atoms with Crippen LogP contribution in [-0.4, -0.2) is 4.98 Å². The fourth-order valence-corrected chi connectivity index (χ4v) is 3.65. The molecule has 0 unspecified atom stereocenters. The van der Waals surface area contributed by atoms with Gasteiger partial charge in [0, 0.05) is 17.0 Å². The van der Waals surface area contributed by atoms with E-state index in [0.29, 0.717) is 6.54 Å². The number of thiophene rings is 1. The first-order valence-electron chi connectivity index (χ1n) is 5.77. The van der Waals surface area contributed by atoms with E-state index in [2.05, 4.69) is 11.1 Å². The summed E-state index contributed by atoms with van der Waals surface area (Å²) in [5.74, 6) is -0.240. The Morgan fingerprint density at radius 2 is 1.95 bits per heavy atom. The third-order valence-corrected chi connectivity index (χ3v) is 4.84. The molecule has 2 aromatic heterocycles. The molecule has 0 radical (unpaired) electrons. The lowest BCUT2D eigenvalue weighted by Crippen LogP contribution is -1.94. The van der Waals surface area contributed by atoms with Gasteiger partial charge < -0.3 is 5.73 Å². The highest BCUT2D eigenvalue weighted by Gasteiger charge is 2.15. The largest absolute Gasteiger partial charge is 0.325 e. The molecule has 3 rings (SSSR count). The molecule has 19 heavy (non-hydrogen) atoms. The molecule has 5 heteroatoms. The van der Waals surface area contributed by atoms with Crippen LogP contribution in [0, 0.1) is 5.82 Å². The lowest BCUT2D eigenvalue weighted by molar-refractivity contribution is 0.628. The Labute approximate surface area is 118 Å². The summed E-state index contributed by atoms with van der Waals surface area (Å²) in [7, 11) is 0. The highest BCUT2D eigenvalue weighted by Crippen LogP contribution is 2.38. The Kier molecular flexibility index (Phi) is 3.42. The average Bonchev–Trinajstić information content (AvgIpc) is 3.08. The van der Waals surface area contributed by atoms with E-state index in [4.69, 9.17) is 5.73 Å². The number of rotatable bonds is 3. The van der Waals surface area contributed by atoms with Crippen molar-refractivity contribution in [2.24, 2.45) is 5.73 Å². The van der Waals surface area contributed by atoms with Gasteiger partial charge in [0.2, 0.25) is 0 Å². The number of benzene rings is 1. The maximum atomic E-state index is 13.0. The number of aromatic nitrogens is 1. The number of nitrogens with two attached hydrogens (primary N) is 1. The molecule has 2 heterocycles. The van der Waals surface area contributed by atoms with Gasteiger partial charge in [0.05, 0.1) is 10.6 Å². The molecule has 0 atom stereocenters. The number of thiazole rings is 1. The van der Waals surface area contributed by atoms with E-state index in [1.165, 1.54) is 12.1 Å². The highest BCUT2D eigenvalue weighted by atomic mass is 32.1. The fourth-order valence-electron chi connectivity index (χ4n) is 1.83. The van der Waals surface area contributed by atoms with Crippen molar-refractivity contribution in [1.29, 1.82) is 0 Å². The predicted octanol–water partition coefficient (Wildman–Crippen LogP) is 4.14. The molecule has 2 N–H and O–H groups in total. The molecular weight excluding hydrogens is 279 g/mol. The summed E-state index contributed by atoms with van der Waals surface area (Å²) in [4.78, 5) is 6.82. The van der Waals surface area contributed by atoms with Crippen LogP contribution in [0.1, 0.15) is 5.01 Å². The standard InChI is InChI=1S/C14H11FN2S2/c15-10-5-3-9(4-6-10)13-14(11-2-1-7-18-11)19-12(8-16)17-13/h1-7H,8,16H2. The lowest BCUT2D eigenvalue weighted by atomic mass is 10.1. The Balaban J connectivity index is 2.14. The van der Waals surface area contributed by atoms with E-state index in [0.717, 1.165) is 26.0 Å². The molecule has 0 fully saturated rings. The van der Waals surface area contributed by atoms with Gasteiger partial charge in [0.15, 0.2) is 0 Å². The van der Waals surface area contributed by atoms with Crippen LogP contribution < -0.4 is 5.73 Å². The molecule has 1 aromatic carbocycles. The summed E-state index contributed by atoms with van der Waals surface area (Å²) in [5.41, 5.74) is 7.48. The highest BCUT2D eigenvalue weighted by molar-refractivity contribution is 7.21. The second kappa shape index (κ2) is 5.21. The Morgan fingerprint density at radius 3 is 2.58 bits per heavy atom. The van der Waals surface area contributed by atoms with Gasteiger partial charge in [-0.1, -0.05) is 6.07 Å². The van der Waals surface area contributed by atoms with Gasteiger partial charge >= 0.3 is 0 Å². The maximum absolute atomic E-state index is 13.0. The van der Waals surface area contributed by atoms with E-state index in [9.17, 15) is 4.39 Å². The summed E-state index contributed by atoms with van der Waals surface area (Å²) in [6.45, 7) is 0.421. The zero-order valence-electron chi connectivity index (χ0n) is 9.97. The van der Waals surface area contributed by atoms with Crippen molar-refractivity contribution in [3.05, 3.63) is 52.6 Å². The molecule has 0 spiro atoms. The molecule has 3 aromatic rings. The van der Waals surface area contributed by atoms with Crippen LogP contribution >= 0.6 is 22.7 Å². The summed E-state index contributed by atoms with van der Waals surface area (Å²) in [6, 6.07) is 10.5. The summed E-state index contributed by atoms with van der Waals surface area (Å²) >= 11 is 3.26. The molecule has 0 aliphatic carbocycles. The molecule has 0 aliphatic rings. The van der Waals surface area contributed by atoms with Crippen LogP contribution in [0.5, 0.6) is 0 Å². The van der Waals surface area contributed by atoms with Gasteiger partial charge in [0.1, 0.15) is 10.8 Å². The SMILES string of the molecule is NCc1nc(-c2ccc(F)cc2)c(-c2cccs2)s1. The molecule has 2 nitrogen and oxygen atoms in total. The average molecular weight is 290 g/mol. The van der Waals surface area contributed by atoms with Gasteiger partial charge in [0.25, 0.3) is 0 Å². The Bertz CT molecular complexity index is 672. The van der Waals surface area contributed by atoms with Crippen LogP contribution in [0.3, 0.4) is 0 Å². The summed E-state index contributed by atoms with van der Waals surface area (Å²) in [5, 5.41) is 2.92. The molecule has 0 amide bonds. The summed E-state index contributed by atoms with van der Waals surface area (Å²) in [6.07, 6.45) is 0. The third kappa shape index (κ3) is 2.45. The van der Waals surface area contributed by atoms with Crippen molar-refractivity contribution < 1.29 is 4.39 Å². The van der Waals surface area contributed by atoms with Crippen molar-refractivity contribution in [2.75, 3.05) is 0 Å². The second-order valence-corrected chi connectivity index (χ2v) is 6.00. The van der Waals surface area contributed by atoms with E-state index in [1.807, 2.05) is 11.4 Å². The van der Waals surface area contributed by atoms with Crippen LogP contribution in [0.2, 0.25) is 0 Å². The van der Waals surface area contributed by atoms with Crippen LogP contribution in [-0.2, 0) is 6.54 Å². The van der Waals surface area contributed by atoms with E-state index in [1.54, 1.807) is 34.8 Å². The maximum Gasteiger partial charge on any atom is 0.123 e. The Morgan fingerprint density at radius 1 is 1.16 bits per heavy atom. The molecule has 0 saturated heterocycles. The van der Waals surface area contributed by atoms with Gasteiger partial charge in [-0.05, 0) is 35.7 Å². The van der Waals surface area contributed by atoms with Gasteiger partial charge in [-0.25, -0.2) is 9.37 Å². The minimum Gasteiger partial charge on any atom is -0.325 e. The first-order chi connectivity index (χ1) is 9.28. The van der Waals surface area contributed by atoms with Crippen molar-refractivity contribution in [3.63, 3.8) is 0 Å². The molecule has 0 saturated carbocycles. The quantitative estimate of drug-likeness (QED) is 0.787. The number of hydrogen-bond donors (Lipinski definition) is 1. The zero-order valence-corrected chi connectivity index (χ0v) is 11.6. The first kappa shape index (κ1) is 12.5. The van der Waals surface area contributed by atoms with Gasteiger partial charge in [-0.15, -0.1) is 22.7 Å². The zero-order chi connectivity index (χ0) is 13.2. The van der Waals surface area contributed by atoms with E-state index in [-0.39, 0.29) is 5.82 Å². The molecule has 96 valence electrons. The van der Waals surface area contributed by atoms with Gasteiger partial charge in [-0.2, -0.15) is 0 Å². The predicted molar refractivity (Wildman–Crippen MR) is 78.7 cm³/mol. The van der Waals surface area contributed by atoms with Crippen LogP contribution in [0.25, 0.3) is 21.0 Å². The summed E-state index contributed by atoms with van der Waals surface area (Å²) < 4.78 is 13.0. The number of halogens is 1. The lowest BCUT2D eigenvalue weighted by Gasteiger charge is -2.00. The van der Waals surface area contributed by atoms with E-state index >= 15 is 0 Å². The van der Waals surface area contributed by atoms with Crippen molar-refractivity contribution >= 4 is 22.7 Å². The van der Waals surface area contributed by atoms with Crippen molar-refractivity contribution in [3.8, 4) is 21.0 Å². The third-order valence-electron chi connectivity index (χ3n) is 2.71. The number of nitrogens with zero attached hydrogens (tertiary/aromatic N) is 1. The fraction of sp³-hybridized carbons (Fsp3) is 0.0714. The normalized spacial score (nSPS) is 10.8. The minimum atomic E-state index is -0.240. The molecular formula is C14H11FN2S2. The van der Waals surface area contributed by atoms with Gasteiger partial charge in [-0.3, -0.25) is 0 Å². The number of hydrogen-bond acceptors (Lipinski definition) is 4. The van der Waals surface area contributed by atoms with Crippen molar-refractivity contribution in [2.45, 2.75) is 6.54 Å². The van der Waals surface area contributed by atoms with Crippen LogP contribution in [0.15, 0.2) is 41.8 Å². The minimum absolute atomic E-state index is 0.240. The van der Waals surface area contributed by atoms with Crippen molar-refractivity contribution in [1.82, 2.24) is 4.98 Å². The Hall–Kier alpha value is -1.56.